The predicted molar refractivity (Wildman–Crippen MR) is 82.1 cm³/mol. The number of hydrogen-bond acceptors (Lipinski definition) is 8. The van der Waals surface area contributed by atoms with Crippen LogP contribution < -0.4 is 11.1 Å². The van der Waals surface area contributed by atoms with Crippen molar-refractivity contribution < 1.29 is 13.9 Å². The number of aliphatic hydroxyl groups is 1. The summed E-state index contributed by atoms with van der Waals surface area (Å²) in [6.45, 7) is 0.353. The second-order valence-electron chi connectivity index (χ2n) is 4.96. The van der Waals surface area contributed by atoms with Crippen molar-refractivity contribution in [1.82, 2.24) is 10.2 Å². The minimum absolute atomic E-state index is 0.0377. The molecule has 0 saturated carbocycles. The van der Waals surface area contributed by atoms with Crippen molar-refractivity contribution in [1.29, 1.82) is 0 Å². The second kappa shape index (κ2) is 6.53. The summed E-state index contributed by atoms with van der Waals surface area (Å²) in [7, 11) is 0. The highest BCUT2D eigenvalue weighted by Gasteiger charge is 2.17. The van der Waals surface area contributed by atoms with Crippen LogP contribution in [-0.2, 0) is 0 Å². The molecule has 0 saturated heterocycles. The Kier molecular flexibility index (Phi) is 4.29. The van der Waals surface area contributed by atoms with Gasteiger partial charge >= 0.3 is 6.01 Å². The summed E-state index contributed by atoms with van der Waals surface area (Å²) in [5.74, 6) is 0.134. The number of benzene rings is 1. The molecule has 0 aliphatic carbocycles. The Balaban J connectivity index is 1.68. The Morgan fingerprint density at radius 3 is 2.96 bits per heavy atom. The molecule has 1 aromatic heterocycles. The maximum absolute atomic E-state index is 13.1. The van der Waals surface area contributed by atoms with Crippen LogP contribution in [0.15, 0.2) is 38.7 Å². The summed E-state index contributed by atoms with van der Waals surface area (Å²) < 4.78 is 18.4. The summed E-state index contributed by atoms with van der Waals surface area (Å²) in [6, 6.07) is 5.84. The minimum atomic E-state index is -1.27. The van der Waals surface area contributed by atoms with Crippen molar-refractivity contribution in [2.45, 2.75) is 19.1 Å². The number of amidine groups is 1. The molecule has 2 heterocycles. The molecule has 4 N–H and O–H groups in total. The van der Waals surface area contributed by atoms with Crippen molar-refractivity contribution >= 4 is 23.2 Å². The Bertz CT molecular complexity index is 757. The van der Waals surface area contributed by atoms with E-state index in [4.69, 9.17) is 10.2 Å². The van der Waals surface area contributed by atoms with Gasteiger partial charge in [0.2, 0.25) is 6.23 Å². The van der Waals surface area contributed by atoms with Gasteiger partial charge in [-0.3, -0.25) is 9.98 Å². The maximum atomic E-state index is 13.1. The first-order valence-corrected chi connectivity index (χ1v) is 6.98. The van der Waals surface area contributed by atoms with E-state index in [0.29, 0.717) is 36.6 Å². The lowest BCUT2D eigenvalue weighted by Crippen LogP contribution is -2.22. The van der Waals surface area contributed by atoms with E-state index in [1.807, 2.05) is 0 Å². The Labute approximate surface area is 131 Å². The number of anilines is 2. The van der Waals surface area contributed by atoms with E-state index in [1.165, 1.54) is 12.1 Å². The van der Waals surface area contributed by atoms with Gasteiger partial charge in [-0.1, -0.05) is 11.2 Å². The SMILES string of the molecule is NC1=NCC(=NC(O)c2nnc(Nc3cccc(F)c3)o2)CC1. The highest BCUT2D eigenvalue weighted by atomic mass is 19.1. The number of nitrogens with one attached hydrogen (secondary N) is 1. The van der Waals surface area contributed by atoms with Gasteiger partial charge < -0.3 is 20.6 Å². The van der Waals surface area contributed by atoms with E-state index in [-0.39, 0.29) is 11.9 Å². The number of aliphatic imine (C=N–C) groups is 2. The summed E-state index contributed by atoms with van der Waals surface area (Å²) >= 11 is 0. The van der Waals surface area contributed by atoms with Crippen molar-refractivity contribution in [3.05, 3.63) is 36.0 Å². The van der Waals surface area contributed by atoms with Gasteiger partial charge in [-0.15, -0.1) is 5.10 Å². The molecule has 1 aliphatic rings. The molecule has 23 heavy (non-hydrogen) atoms. The van der Waals surface area contributed by atoms with Crippen LogP contribution in [0.5, 0.6) is 0 Å². The Morgan fingerprint density at radius 2 is 2.22 bits per heavy atom. The zero-order chi connectivity index (χ0) is 16.2. The van der Waals surface area contributed by atoms with Gasteiger partial charge in [0.1, 0.15) is 5.82 Å². The fourth-order valence-electron chi connectivity index (χ4n) is 2.04. The van der Waals surface area contributed by atoms with Gasteiger partial charge in [-0.05, 0) is 24.6 Å². The normalized spacial score (nSPS) is 17.8. The van der Waals surface area contributed by atoms with Crippen LogP contribution in [0, 0.1) is 5.82 Å². The highest BCUT2D eigenvalue weighted by Crippen LogP contribution is 2.20. The van der Waals surface area contributed by atoms with Gasteiger partial charge in [-0.2, -0.15) is 0 Å². The van der Waals surface area contributed by atoms with Gasteiger partial charge in [0.25, 0.3) is 5.89 Å². The molecular formula is C14H15FN6O2. The summed E-state index contributed by atoms with van der Waals surface area (Å²) in [5.41, 5.74) is 6.75. The molecule has 0 amide bonds. The molecule has 1 aromatic carbocycles. The van der Waals surface area contributed by atoms with E-state index < -0.39 is 12.0 Å². The smallest absolute Gasteiger partial charge is 0.320 e. The van der Waals surface area contributed by atoms with Crippen LogP contribution in [0.25, 0.3) is 0 Å². The Hall–Kier alpha value is -2.81. The van der Waals surface area contributed by atoms with Crippen molar-refractivity contribution in [3.63, 3.8) is 0 Å². The molecule has 120 valence electrons. The van der Waals surface area contributed by atoms with Crippen LogP contribution in [-0.4, -0.2) is 33.4 Å². The molecule has 1 aliphatic heterocycles. The third-order valence-corrected chi connectivity index (χ3v) is 3.18. The number of rotatable bonds is 4. The lowest BCUT2D eigenvalue weighted by Gasteiger charge is -2.11. The van der Waals surface area contributed by atoms with E-state index >= 15 is 0 Å². The Morgan fingerprint density at radius 1 is 1.35 bits per heavy atom. The molecule has 0 bridgehead atoms. The standard InChI is InChI=1S/C14H15FN6O2/c15-8-2-1-3-9(6-8)19-14-21-20-13(23-14)12(22)18-10-4-5-11(16)17-7-10/h1-3,6,12,22H,4-5,7H2,(H2,16,17)(H,19,21). The predicted octanol–water partition coefficient (Wildman–Crippen LogP) is 1.54. The van der Waals surface area contributed by atoms with Gasteiger partial charge in [0.05, 0.1) is 12.4 Å². The van der Waals surface area contributed by atoms with E-state index in [0.717, 1.165) is 0 Å². The number of hydrogen-bond donors (Lipinski definition) is 3. The third kappa shape index (κ3) is 3.89. The number of nitrogens with two attached hydrogens (primary N) is 1. The van der Waals surface area contributed by atoms with Crippen LogP contribution in [0.3, 0.4) is 0 Å². The average Bonchev–Trinajstić information content (AvgIpc) is 2.98. The monoisotopic (exact) mass is 318 g/mol. The second-order valence-corrected chi connectivity index (χ2v) is 4.96. The quantitative estimate of drug-likeness (QED) is 0.786. The summed E-state index contributed by atoms with van der Waals surface area (Å²) in [6.07, 6.45) is -0.0217. The molecule has 2 aromatic rings. The number of halogens is 1. The first-order valence-electron chi connectivity index (χ1n) is 6.98. The fraction of sp³-hybridized carbons (Fsp3) is 0.286. The fourth-order valence-corrected chi connectivity index (χ4v) is 2.04. The van der Waals surface area contributed by atoms with Crippen LogP contribution in [0.2, 0.25) is 0 Å². The number of nitrogens with zero attached hydrogens (tertiary/aromatic N) is 4. The van der Waals surface area contributed by atoms with Crippen LogP contribution >= 0.6 is 0 Å². The summed E-state index contributed by atoms with van der Waals surface area (Å²) in [5, 5.41) is 20.2. The van der Waals surface area contributed by atoms with Crippen molar-refractivity contribution in [2.24, 2.45) is 15.7 Å². The molecule has 1 atom stereocenters. The van der Waals surface area contributed by atoms with Crippen molar-refractivity contribution in [3.8, 4) is 0 Å². The molecule has 0 radical (unpaired) electrons. The lowest BCUT2D eigenvalue weighted by atomic mass is 10.1. The van der Waals surface area contributed by atoms with Gasteiger partial charge in [-0.25, -0.2) is 4.39 Å². The van der Waals surface area contributed by atoms with Gasteiger partial charge in [0, 0.05) is 17.8 Å². The van der Waals surface area contributed by atoms with Crippen LogP contribution in [0.4, 0.5) is 16.1 Å². The highest BCUT2D eigenvalue weighted by molar-refractivity contribution is 5.96. The molecule has 1 unspecified atom stereocenters. The molecule has 0 fully saturated rings. The lowest BCUT2D eigenvalue weighted by molar-refractivity contribution is 0.154. The van der Waals surface area contributed by atoms with Crippen LogP contribution in [0.1, 0.15) is 25.0 Å². The number of aromatic nitrogens is 2. The molecule has 0 spiro atoms. The van der Waals surface area contributed by atoms with Crippen molar-refractivity contribution in [2.75, 3.05) is 11.9 Å². The first-order chi connectivity index (χ1) is 11.1. The molecule has 3 rings (SSSR count). The van der Waals surface area contributed by atoms with E-state index in [1.54, 1.807) is 12.1 Å². The molecular weight excluding hydrogens is 303 g/mol. The molecule has 8 nitrogen and oxygen atoms in total. The zero-order valence-electron chi connectivity index (χ0n) is 12.1. The van der Waals surface area contributed by atoms with E-state index in [2.05, 4.69) is 25.5 Å². The van der Waals surface area contributed by atoms with Gasteiger partial charge in [0.15, 0.2) is 0 Å². The maximum Gasteiger partial charge on any atom is 0.320 e. The third-order valence-electron chi connectivity index (χ3n) is 3.18. The topological polar surface area (TPSA) is 122 Å². The average molecular weight is 318 g/mol. The largest absolute Gasteiger partial charge is 0.403 e. The van der Waals surface area contributed by atoms with E-state index in [9.17, 15) is 9.50 Å². The minimum Gasteiger partial charge on any atom is -0.403 e. The number of aliphatic hydroxyl groups excluding tert-OH is 1. The molecule has 9 heteroatoms. The zero-order valence-corrected chi connectivity index (χ0v) is 12.1. The first kappa shape index (κ1) is 15.1. The summed E-state index contributed by atoms with van der Waals surface area (Å²) in [4.78, 5) is 8.17.